The molecule has 0 spiro atoms. The van der Waals surface area contributed by atoms with E-state index >= 15 is 0 Å². The highest BCUT2D eigenvalue weighted by atomic mass is 79.9. The Morgan fingerprint density at radius 3 is 2.40 bits per heavy atom. The zero-order valence-electron chi connectivity index (χ0n) is 19.7. The summed E-state index contributed by atoms with van der Waals surface area (Å²) in [7, 11) is 0. The van der Waals surface area contributed by atoms with Crippen LogP contribution >= 0.6 is 44.7 Å². The molecule has 0 aliphatic carbocycles. The largest absolute Gasteiger partial charge is 0.494 e. The second-order valence-corrected chi connectivity index (χ2v) is 11.4. The lowest BCUT2D eigenvalue weighted by Gasteiger charge is -2.39. The topological polar surface area (TPSA) is 80.7 Å². The molecule has 3 rings (SSSR count). The molecule has 1 aromatic heterocycles. The van der Waals surface area contributed by atoms with E-state index in [4.69, 9.17) is 14.5 Å². The van der Waals surface area contributed by atoms with E-state index in [0.717, 1.165) is 16.5 Å². The maximum Gasteiger partial charge on any atom is 0.312 e. The Kier molecular flexibility index (Phi) is 9.63. The number of carboxylic acids is 1. The Hall–Kier alpha value is -2.07. The number of pyridine rings is 1. The van der Waals surface area contributed by atoms with Crippen LogP contribution in [0.5, 0.6) is 17.4 Å². The summed E-state index contributed by atoms with van der Waals surface area (Å²) in [5.41, 5.74) is -0.698. The fraction of sp³-hybridized carbons (Fsp3) is 0.308. The van der Waals surface area contributed by atoms with Gasteiger partial charge in [-0.2, -0.15) is 0 Å². The summed E-state index contributed by atoms with van der Waals surface area (Å²) in [6.45, 7) is 6.29. The van der Waals surface area contributed by atoms with Crippen LogP contribution in [0.15, 0.2) is 64.1 Å². The molecule has 3 aromatic rings. The van der Waals surface area contributed by atoms with Gasteiger partial charge in [-0.05, 0) is 80.8 Å². The first kappa shape index (κ1) is 27.5. The van der Waals surface area contributed by atoms with Crippen molar-refractivity contribution in [1.29, 1.82) is 0 Å². The van der Waals surface area contributed by atoms with Gasteiger partial charge in [-0.1, -0.05) is 57.0 Å². The average Bonchev–Trinajstić information content (AvgIpc) is 2.82. The number of benzene rings is 2. The van der Waals surface area contributed by atoms with Crippen LogP contribution < -0.4 is 14.2 Å². The molecular weight excluding hydrogens is 596 g/mol. The summed E-state index contributed by atoms with van der Waals surface area (Å²) in [6, 6.07) is 16.1. The SMILES string of the molecule is CCOc1ccc(Oc2cc3ccccc3c(C(NS)C(CC=C(Br)Br)(C(=O)O)C(C)C)n2)cc1. The van der Waals surface area contributed by atoms with E-state index in [-0.39, 0.29) is 12.3 Å². The molecule has 0 radical (unpaired) electrons. The molecule has 0 amide bonds. The summed E-state index contributed by atoms with van der Waals surface area (Å²) >= 11 is 11.1. The average molecular weight is 624 g/mol. The van der Waals surface area contributed by atoms with E-state index in [1.165, 1.54) is 0 Å². The van der Waals surface area contributed by atoms with Crippen molar-refractivity contribution in [2.24, 2.45) is 11.3 Å². The van der Waals surface area contributed by atoms with Crippen LogP contribution in [-0.2, 0) is 4.79 Å². The third-order valence-corrected chi connectivity index (χ3v) is 6.95. The summed E-state index contributed by atoms with van der Waals surface area (Å²) in [5, 5.41) is 12.2. The van der Waals surface area contributed by atoms with Crippen LogP contribution in [0.3, 0.4) is 0 Å². The van der Waals surface area contributed by atoms with Crippen LogP contribution in [-0.4, -0.2) is 22.7 Å². The number of aliphatic carboxylic acids is 1. The van der Waals surface area contributed by atoms with E-state index in [1.807, 2.05) is 75.4 Å². The maximum atomic E-state index is 12.8. The van der Waals surface area contributed by atoms with Gasteiger partial charge in [0.1, 0.15) is 11.5 Å². The van der Waals surface area contributed by atoms with Crippen molar-refractivity contribution in [3.8, 4) is 17.4 Å². The lowest BCUT2D eigenvalue weighted by Crippen LogP contribution is -2.46. The molecule has 9 heteroatoms. The number of hydrogen-bond donors (Lipinski definition) is 3. The fourth-order valence-electron chi connectivity index (χ4n) is 4.17. The van der Waals surface area contributed by atoms with Crippen molar-refractivity contribution in [2.75, 3.05) is 6.61 Å². The van der Waals surface area contributed by atoms with Gasteiger partial charge in [-0.15, -0.1) is 0 Å². The van der Waals surface area contributed by atoms with E-state index in [9.17, 15) is 9.90 Å². The van der Waals surface area contributed by atoms with Crippen LogP contribution in [0.1, 0.15) is 38.9 Å². The van der Waals surface area contributed by atoms with Gasteiger partial charge in [-0.3, -0.25) is 9.52 Å². The number of thiol groups is 1. The maximum absolute atomic E-state index is 12.8. The molecule has 2 N–H and O–H groups in total. The third-order valence-electron chi connectivity index (χ3n) is 6.04. The first-order valence-corrected chi connectivity index (χ1v) is 13.2. The normalized spacial score (nSPS) is 13.8. The molecule has 6 nitrogen and oxygen atoms in total. The quantitative estimate of drug-likeness (QED) is 0.190. The highest BCUT2D eigenvalue weighted by Gasteiger charge is 2.49. The molecule has 2 aromatic carbocycles. The number of nitrogens with zero attached hydrogens (tertiary/aromatic N) is 1. The third kappa shape index (κ3) is 6.20. The molecule has 0 aliphatic rings. The standard InChI is InChI=1S/C26H28Br2N2O4S/c1-4-33-18-9-11-19(12-10-18)34-22-15-17-7-5-6-8-20(17)23(29-22)24(30-35)26(16(2)3,25(31)32)14-13-21(27)28/h5-13,15-16,24,30,35H,4,14H2,1-3H3,(H,31,32). The molecule has 0 bridgehead atoms. The molecule has 1 heterocycles. The number of hydrogen-bond acceptors (Lipinski definition) is 6. The molecule has 35 heavy (non-hydrogen) atoms. The van der Waals surface area contributed by atoms with Crippen LogP contribution in [0.4, 0.5) is 0 Å². The molecular formula is C26H28Br2N2O4S. The Morgan fingerprint density at radius 1 is 1.17 bits per heavy atom. The second kappa shape index (κ2) is 12.3. The second-order valence-electron chi connectivity index (χ2n) is 8.33. The van der Waals surface area contributed by atoms with Crippen molar-refractivity contribution in [2.45, 2.75) is 33.2 Å². The minimum Gasteiger partial charge on any atom is -0.494 e. The van der Waals surface area contributed by atoms with Gasteiger partial charge in [-0.25, -0.2) is 4.98 Å². The van der Waals surface area contributed by atoms with Gasteiger partial charge in [0.2, 0.25) is 5.88 Å². The smallest absolute Gasteiger partial charge is 0.312 e. The molecule has 0 fully saturated rings. The Morgan fingerprint density at radius 2 is 1.83 bits per heavy atom. The molecule has 0 saturated heterocycles. The minimum atomic E-state index is -1.25. The number of fused-ring (bicyclic) bond motifs is 1. The minimum absolute atomic E-state index is 0.240. The van der Waals surface area contributed by atoms with Gasteiger partial charge in [0.15, 0.2) is 0 Å². The Balaban J connectivity index is 2.15. The summed E-state index contributed by atoms with van der Waals surface area (Å²) in [4.78, 5) is 17.7. The van der Waals surface area contributed by atoms with Gasteiger partial charge >= 0.3 is 5.97 Å². The van der Waals surface area contributed by atoms with Gasteiger partial charge < -0.3 is 14.6 Å². The van der Waals surface area contributed by atoms with Gasteiger partial charge in [0.05, 0.1) is 27.1 Å². The number of halogens is 2. The Bertz CT molecular complexity index is 1200. The highest BCUT2D eigenvalue weighted by Crippen LogP contribution is 2.47. The predicted molar refractivity (Wildman–Crippen MR) is 150 cm³/mol. The summed E-state index contributed by atoms with van der Waals surface area (Å²) < 4.78 is 15.2. The van der Waals surface area contributed by atoms with Crippen molar-refractivity contribution < 1.29 is 19.4 Å². The summed E-state index contributed by atoms with van der Waals surface area (Å²) in [6.07, 6.45) is 2.04. The lowest BCUT2D eigenvalue weighted by atomic mass is 9.67. The molecule has 2 atom stereocenters. The van der Waals surface area contributed by atoms with Crippen LogP contribution in [0.2, 0.25) is 0 Å². The molecule has 186 valence electrons. The number of ether oxygens (including phenoxy) is 2. The van der Waals surface area contributed by atoms with Crippen molar-refractivity contribution in [3.63, 3.8) is 0 Å². The van der Waals surface area contributed by atoms with Crippen LogP contribution in [0, 0.1) is 11.3 Å². The van der Waals surface area contributed by atoms with Crippen molar-refractivity contribution >= 4 is 61.4 Å². The van der Waals surface area contributed by atoms with Gasteiger partial charge in [0.25, 0.3) is 0 Å². The Labute approximate surface area is 227 Å². The van der Waals surface area contributed by atoms with E-state index < -0.39 is 17.4 Å². The van der Waals surface area contributed by atoms with Gasteiger partial charge in [0, 0.05) is 11.5 Å². The molecule has 2 unspecified atom stereocenters. The zero-order valence-corrected chi connectivity index (χ0v) is 23.7. The molecule has 0 saturated carbocycles. The molecule has 0 aliphatic heterocycles. The van der Waals surface area contributed by atoms with E-state index in [2.05, 4.69) is 49.4 Å². The van der Waals surface area contributed by atoms with E-state index in [1.54, 1.807) is 6.08 Å². The number of carboxylic acid groups (broad SMARTS) is 1. The first-order chi connectivity index (χ1) is 16.7. The highest BCUT2D eigenvalue weighted by molar-refractivity contribution is 9.28. The number of allylic oxidation sites excluding steroid dienone is 1. The first-order valence-electron chi connectivity index (χ1n) is 11.2. The van der Waals surface area contributed by atoms with Crippen molar-refractivity contribution in [1.82, 2.24) is 9.71 Å². The monoisotopic (exact) mass is 622 g/mol. The number of nitrogens with one attached hydrogen (secondary N) is 1. The fourth-order valence-corrected chi connectivity index (χ4v) is 4.85. The predicted octanol–water partition coefficient (Wildman–Crippen LogP) is 7.65. The summed E-state index contributed by atoms with van der Waals surface area (Å²) in [5.74, 6) is 0.506. The number of rotatable bonds is 11. The zero-order chi connectivity index (χ0) is 25.6. The van der Waals surface area contributed by atoms with Crippen molar-refractivity contribution in [3.05, 3.63) is 69.8 Å². The number of aromatic nitrogens is 1. The number of carbonyl (C=O) groups is 1. The van der Waals surface area contributed by atoms with Crippen LogP contribution in [0.25, 0.3) is 10.8 Å². The van der Waals surface area contributed by atoms with E-state index in [0.29, 0.717) is 27.3 Å². The lowest BCUT2D eigenvalue weighted by molar-refractivity contribution is -0.154.